The Balaban J connectivity index is 2.20. The van der Waals surface area contributed by atoms with Crippen LogP contribution in [0, 0.1) is 30.6 Å². The Labute approximate surface area is 196 Å². The summed E-state index contributed by atoms with van der Waals surface area (Å²) in [6.45, 7) is 6.05. The van der Waals surface area contributed by atoms with Gasteiger partial charge in [-0.15, -0.1) is 0 Å². The molecule has 0 aromatic heterocycles. The van der Waals surface area contributed by atoms with E-state index in [4.69, 9.17) is 11.5 Å². The lowest BCUT2D eigenvalue weighted by Crippen LogP contribution is -2.33. The Morgan fingerprint density at radius 1 is 0.818 bits per heavy atom. The third-order valence-corrected chi connectivity index (χ3v) is 6.43. The monoisotopic (exact) mass is 431 g/mol. The second-order valence-corrected chi connectivity index (χ2v) is 9.01. The van der Waals surface area contributed by atoms with E-state index in [9.17, 15) is 5.26 Å². The Morgan fingerprint density at radius 2 is 1.39 bits per heavy atom. The van der Waals surface area contributed by atoms with Crippen molar-refractivity contribution in [1.29, 1.82) is 5.26 Å². The van der Waals surface area contributed by atoms with Gasteiger partial charge in [-0.1, -0.05) is 96.1 Å². The molecule has 0 fully saturated rings. The topological polar surface area (TPSA) is 75.8 Å². The fourth-order valence-corrected chi connectivity index (χ4v) is 4.66. The van der Waals surface area contributed by atoms with Crippen molar-refractivity contribution in [3.8, 4) is 6.07 Å². The number of nitrogens with two attached hydrogens (primary N) is 2. The summed E-state index contributed by atoms with van der Waals surface area (Å²) >= 11 is 0. The molecule has 3 heteroatoms. The van der Waals surface area contributed by atoms with Gasteiger partial charge in [0.25, 0.3) is 0 Å². The molecular weight excluding hydrogens is 402 g/mol. The maximum absolute atomic E-state index is 9.76. The molecule has 0 saturated carbocycles. The first-order chi connectivity index (χ1) is 15.8. The predicted octanol–water partition coefficient (Wildman–Crippen LogP) is 6.38. The summed E-state index contributed by atoms with van der Waals surface area (Å²) in [5.74, 6) is 0. The fourth-order valence-electron chi connectivity index (χ4n) is 4.66. The van der Waals surface area contributed by atoms with E-state index in [1.807, 2.05) is 67.6 Å². The molecule has 0 aliphatic heterocycles. The number of hydrogen-bond donors (Lipinski definition) is 2. The highest BCUT2D eigenvalue weighted by molar-refractivity contribution is 5.73. The summed E-state index contributed by atoms with van der Waals surface area (Å²) < 4.78 is 0. The van der Waals surface area contributed by atoms with Crippen LogP contribution in [0.1, 0.15) is 34.7 Å². The highest BCUT2D eigenvalue weighted by atomic mass is 14.6. The predicted molar refractivity (Wildman–Crippen MR) is 138 cm³/mol. The van der Waals surface area contributed by atoms with Crippen molar-refractivity contribution >= 4 is 11.4 Å². The second-order valence-electron chi connectivity index (χ2n) is 9.01. The molecule has 0 amide bonds. The van der Waals surface area contributed by atoms with Crippen LogP contribution >= 0.6 is 0 Å². The highest BCUT2D eigenvalue weighted by Crippen LogP contribution is 2.50. The summed E-state index contributed by atoms with van der Waals surface area (Å²) in [6.07, 6.45) is 9.98. The first-order valence-electron chi connectivity index (χ1n) is 11.1. The number of benzene rings is 3. The lowest BCUT2D eigenvalue weighted by molar-refractivity contribution is 0.725. The number of hydrogen-bond acceptors (Lipinski definition) is 3. The van der Waals surface area contributed by atoms with E-state index in [0.717, 1.165) is 33.4 Å². The summed E-state index contributed by atoms with van der Waals surface area (Å²) in [4.78, 5) is 0. The first kappa shape index (κ1) is 22.2. The number of nitriles is 1. The van der Waals surface area contributed by atoms with Gasteiger partial charge in [0.15, 0.2) is 0 Å². The zero-order valence-corrected chi connectivity index (χ0v) is 19.3. The third kappa shape index (κ3) is 3.85. The number of allylic oxidation sites excluding steroid dienone is 6. The standard InChI is InChI=1S/C30H29N3/c1-21-11-13-27(32)25(18-21)30(23-8-5-4-6-9-23,26-19-22(2)12-14-28(26)33)24-10-7-16-29(3,20-31)17-15-24/h4-19H,32-33H2,1-3H3. The van der Waals surface area contributed by atoms with Crippen molar-refractivity contribution in [2.75, 3.05) is 11.5 Å². The van der Waals surface area contributed by atoms with Gasteiger partial charge in [0.2, 0.25) is 0 Å². The van der Waals surface area contributed by atoms with Gasteiger partial charge >= 0.3 is 0 Å². The van der Waals surface area contributed by atoms with Gasteiger partial charge in [-0.25, -0.2) is 0 Å². The fraction of sp³-hybridized carbons (Fsp3) is 0.167. The molecule has 0 heterocycles. The van der Waals surface area contributed by atoms with Gasteiger partial charge in [-0.2, -0.15) is 5.26 Å². The molecule has 1 aliphatic carbocycles. The van der Waals surface area contributed by atoms with Crippen LogP contribution in [0.3, 0.4) is 0 Å². The summed E-state index contributed by atoms with van der Waals surface area (Å²) in [5.41, 5.74) is 19.5. The van der Waals surface area contributed by atoms with Gasteiger partial charge < -0.3 is 11.5 Å². The maximum Gasteiger partial charge on any atom is 0.0911 e. The lowest BCUT2D eigenvalue weighted by atomic mass is 9.63. The molecular formula is C30H29N3. The molecule has 0 saturated heterocycles. The second kappa shape index (κ2) is 8.48. The molecule has 3 aromatic rings. The Kier molecular flexibility index (Phi) is 5.70. The minimum absolute atomic E-state index is 0.691. The van der Waals surface area contributed by atoms with E-state index < -0.39 is 10.8 Å². The molecule has 3 aromatic carbocycles. The molecule has 3 nitrogen and oxygen atoms in total. The van der Waals surface area contributed by atoms with Crippen LogP contribution in [-0.4, -0.2) is 0 Å². The van der Waals surface area contributed by atoms with Gasteiger partial charge in [-0.3, -0.25) is 0 Å². The van der Waals surface area contributed by atoms with Crippen molar-refractivity contribution < 1.29 is 0 Å². The summed E-state index contributed by atoms with van der Waals surface area (Å²) in [5, 5.41) is 9.76. The molecule has 1 atom stereocenters. The van der Waals surface area contributed by atoms with E-state index in [-0.39, 0.29) is 0 Å². The van der Waals surface area contributed by atoms with E-state index in [1.54, 1.807) is 0 Å². The molecule has 0 radical (unpaired) electrons. The Bertz CT molecular complexity index is 1270. The third-order valence-electron chi connectivity index (χ3n) is 6.43. The largest absolute Gasteiger partial charge is 0.398 e. The molecule has 33 heavy (non-hydrogen) atoms. The number of nitrogen functional groups attached to an aromatic ring is 2. The summed E-state index contributed by atoms with van der Waals surface area (Å²) in [6, 6.07) is 25.0. The summed E-state index contributed by atoms with van der Waals surface area (Å²) in [7, 11) is 0. The minimum atomic E-state index is -0.769. The first-order valence-corrected chi connectivity index (χ1v) is 11.1. The van der Waals surface area contributed by atoms with Gasteiger partial charge in [0.05, 0.1) is 16.9 Å². The molecule has 1 unspecified atom stereocenters. The van der Waals surface area contributed by atoms with Crippen molar-refractivity contribution in [3.05, 3.63) is 131 Å². The SMILES string of the molecule is Cc1ccc(N)c(C(C2=CC=CC(C)(C#N)C=C2)(c2ccccc2)c2cc(C)ccc2N)c1. The normalized spacial score (nSPS) is 17.8. The van der Waals surface area contributed by atoms with E-state index in [1.165, 1.54) is 0 Å². The Hall–Kier alpha value is -4.03. The van der Waals surface area contributed by atoms with Crippen LogP contribution in [0.5, 0.6) is 0 Å². The van der Waals surface area contributed by atoms with Crippen molar-refractivity contribution in [2.45, 2.75) is 26.2 Å². The van der Waals surface area contributed by atoms with Crippen molar-refractivity contribution in [1.82, 2.24) is 0 Å². The molecule has 1 aliphatic rings. The quantitative estimate of drug-likeness (QED) is 0.371. The molecule has 0 bridgehead atoms. The van der Waals surface area contributed by atoms with Crippen LogP contribution in [-0.2, 0) is 5.41 Å². The van der Waals surface area contributed by atoms with Crippen molar-refractivity contribution in [3.63, 3.8) is 0 Å². The molecule has 0 spiro atoms. The zero-order chi connectivity index (χ0) is 23.6. The molecule has 4 rings (SSSR count). The lowest BCUT2D eigenvalue weighted by Gasteiger charge is -2.39. The van der Waals surface area contributed by atoms with Crippen LogP contribution in [0.25, 0.3) is 0 Å². The van der Waals surface area contributed by atoms with Gasteiger partial charge in [-0.05, 0) is 55.2 Å². The number of nitrogens with zero attached hydrogens (tertiary/aromatic N) is 1. The number of rotatable bonds is 4. The van der Waals surface area contributed by atoms with E-state index in [2.05, 4.69) is 56.3 Å². The van der Waals surface area contributed by atoms with Crippen molar-refractivity contribution in [2.24, 2.45) is 5.41 Å². The van der Waals surface area contributed by atoms with Crippen LogP contribution in [0.4, 0.5) is 11.4 Å². The van der Waals surface area contributed by atoms with E-state index in [0.29, 0.717) is 11.4 Å². The van der Waals surface area contributed by atoms with Crippen LogP contribution in [0.2, 0.25) is 0 Å². The maximum atomic E-state index is 9.76. The highest BCUT2D eigenvalue weighted by Gasteiger charge is 2.42. The van der Waals surface area contributed by atoms with Gasteiger partial charge in [0.1, 0.15) is 0 Å². The van der Waals surface area contributed by atoms with Crippen LogP contribution in [0.15, 0.2) is 103 Å². The zero-order valence-electron chi connectivity index (χ0n) is 19.3. The van der Waals surface area contributed by atoms with Crippen LogP contribution < -0.4 is 11.5 Å². The minimum Gasteiger partial charge on any atom is -0.398 e. The smallest absolute Gasteiger partial charge is 0.0911 e. The average Bonchev–Trinajstić information content (AvgIpc) is 3.02. The van der Waals surface area contributed by atoms with Gasteiger partial charge in [0, 0.05) is 11.4 Å². The average molecular weight is 432 g/mol. The molecule has 4 N–H and O–H groups in total. The number of anilines is 2. The van der Waals surface area contributed by atoms with E-state index >= 15 is 0 Å². The molecule has 164 valence electrons. The Morgan fingerprint density at radius 3 is 1.94 bits per heavy atom. The number of aryl methyl sites for hydroxylation is 2.